The van der Waals surface area contributed by atoms with E-state index in [2.05, 4.69) is 15.2 Å². The minimum atomic E-state index is -0.766. The lowest BCUT2D eigenvalue weighted by molar-refractivity contribution is 0.419. The van der Waals surface area contributed by atoms with Crippen LogP contribution in [0.4, 0.5) is 8.78 Å². The Bertz CT molecular complexity index is 518. The molecule has 2 aromatic rings. The normalized spacial score (nSPS) is 10.4. The maximum Gasteiger partial charge on any atom is 0.262 e. The smallest absolute Gasteiger partial charge is 0.262 e. The van der Waals surface area contributed by atoms with Crippen LogP contribution >= 0.6 is 23.2 Å². The Morgan fingerprint density at radius 1 is 1.12 bits per heavy atom. The van der Waals surface area contributed by atoms with Crippen molar-refractivity contribution in [3.8, 4) is 11.6 Å². The Kier molecular flexibility index (Phi) is 3.35. The Balaban J connectivity index is 2.37. The van der Waals surface area contributed by atoms with Gasteiger partial charge in [0.05, 0.1) is 0 Å². The molecule has 0 atom stereocenters. The van der Waals surface area contributed by atoms with Crippen LogP contribution in [0.5, 0.6) is 11.6 Å². The third kappa shape index (κ3) is 2.78. The molecule has 1 aromatic carbocycles. The maximum atomic E-state index is 13.3. The third-order valence-corrected chi connectivity index (χ3v) is 2.09. The van der Waals surface area contributed by atoms with Crippen LogP contribution in [0.1, 0.15) is 0 Å². The molecule has 17 heavy (non-hydrogen) atoms. The van der Waals surface area contributed by atoms with Gasteiger partial charge in [-0.25, -0.2) is 8.78 Å². The van der Waals surface area contributed by atoms with Gasteiger partial charge < -0.3 is 4.74 Å². The lowest BCUT2D eigenvalue weighted by atomic mass is 10.3. The average Bonchev–Trinajstić information content (AvgIpc) is 2.28. The first-order valence-electron chi connectivity index (χ1n) is 4.25. The van der Waals surface area contributed by atoms with E-state index in [0.29, 0.717) is 0 Å². The van der Waals surface area contributed by atoms with E-state index in [1.165, 1.54) is 0 Å². The van der Waals surface area contributed by atoms with Crippen molar-refractivity contribution in [3.63, 3.8) is 0 Å². The molecule has 2 rings (SSSR count). The predicted molar refractivity (Wildman–Crippen MR) is 56.3 cm³/mol. The van der Waals surface area contributed by atoms with E-state index in [-0.39, 0.29) is 22.1 Å². The zero-order valence-electron chi connectivity index (χ0n) is 7.99. The summed E-state index contributed by atoms with van der Waals surface area (Å²) in [5.41, 5.74) is 0. The maximum absolute atomic E-state index is 13.3. The van der Waals surface area contributed by atoms with Gasteiger partial charge in [0.15, 0.2) is 11.6 Å². The van der Waals surface area contributed by atoms with E-state index in [4.69, 9.17) is 27.9 Å². The first kappa shape index (κ1) is 11.9. The van der Waals surface area contributed by atoms with E-state index >= 15 is 0 Å². The summed E-state index contributed by atoms with van der Waals surface area (Å²) in [6, 6.07) is 2.71. The number of nitrogens with zero attached hydrogens (tertiary/aromatic N) is 3. The highest BCUT2D eigenvalue weighted by molar-refractivity contribution is 6.31. The summed E-state index contributed by atoms with van der Waals surface area (Å²) < 4.78 is 31.1. The summed E-state index contributed by atoms with van der Waals surface area (Å²) in [7, 11) is 0. The summed E-state index contributed by atoms with van der Waals surface area (Å²) in [4.78, 5) is 3.59. The molecule has 0 bridgehead atoms. The topological polar surface area (TPSA) is 47.9 Å². The lowest BCUT2D eigenvalue weighted by Gasteiger charge is -2.06. The average molecular weight is 278 g/mol. The molecule has 0 fully saturated rings. The second kappa shape index (κ2) is 4.77. The minimum Gasteiger partial charge on any atom is -0.433 e. The van der Waals surface area contributed by atoms with E-state index in [1.807, 2.05) is 0 Å². The SMILES string of the molecule is Fc1ccc(F)c(Oc2nc(Cl)nnc2Cl)c1. The minimum absolute atomic E-state index is 0.210. The molecule has 88 valence electrons. The molecule has 0 aliphatic rings. The van der Waals surface area contributed by atoms with Gasteiger partial charge in [0, 0.05) is 6.07 Å². The van der Waals surface area contributed by atoms with Gasteiger partial charge in [0.25, 0.3) is 5.88 Å². The highest BCUT2D eigenvalue weighted by Gasteiger charge is 2.12. The Hall–Kier alpha value is -1.53. The van der Waals surface area contributed by atoms with Crippen molar-refractivity contribution in [2.75, 3.05) is 0 Å². The Labute approximate surface area is 104 Å². The van der Waals surface area contributed by atoms with Gasteiger partial charge in [-0.05, 0) is 23.7 Å². The molecular weight excluding hydrogens is 275 g/mol. The van der Waals surface area contributed by atoms with Crippen LogP contribution in [0.2, 0.25) is 10.4 Å². The van der Waals surface area contributed by atoms with Crippen molar-refractivity contribution in [2.45, 2.75) is 0 Å². The van der Waals surface area contributed by atoms with Crippen LogP contribution in [0.15, 0.2) is 18.2 Å². The fraction of sp³-hybridized carbons (Fsp3) is 0. The van der Waals surface area contributed by atoms with Gasteiger partial charge in [0.1, 0.15) is 5.82 Å². The van der Waals surface area contributed by atoms with E-state index in [1.54, 1.807) is 0 Å². The standard InChI is InChI=1S/C9H3Cl2F2N3O/c10-7-8(14-9(11)16-15-7)17-6-3-4(12)1-2-5(6)13/h1-3H. The highest BCUT2D eigenvalue weighted by atomic mass is 35.5. The molecule has 0 spiro atoms. The Morgan fingerprint density at radius 2 is 1.88 bits per heavy atom. The van der Waals surface area contributed by atoms with E-state index < -0.39 is 11.6 Å². The van der Waals surface area contributed by atoms with E-state index in [9.17, 15) is 8.78 Å². The first-order valence-corrected chi connectivity index (χ1v) is 5.00. The van der Waals surface area contributed by atoms with Crippen molar-refractivity contribution >= 4 is 23.2 Å². The van der Waals surface area contributed by atoms with Crippen molar-refractivity contribution < 1.29 is 13.5 Å². The van der Waals surface area contributed by atoms with Crippen LogP contribution in [-0.2, 0) is 0 Å². The van der Waals surface area contributed by atoms with Crippen LogP contribution in [0, 0.1) is 11.6 Å². The molecule has 0 saturated carbocycles. The fourth-order valence-electron chi connectivity index (χ4n) is 1.00. The van der Waals surface area contributed by atoms with Gasteiger partial charge in [0.2, 0.25) is 10.4 Å². The molecule has 0 N–H and O–H groups in total. The zero-order chi connectivity index (χ0) is 12.4. The predicted octanol–water partition coefficient (Wildman–Crippen LogP) is 3.25. The molecule has 0 aliphatic carbocycles. The molecule has 0 radical (unpaired) electrons. The third-order valence-electron chi connectivity index (χ3n) is 1.69. The van der Waals surface area contributed by atoms with Crippen LogP contribution in [0.3, 0.4) is 0 Å². The molecule has 4 nitrogen and oxygen atoms in total. The Morgan fingerprint density at radius 3 is 2.65 bits per heavy atom. The summed E-state index contributed by atoms with van der Waals surface area (Å²) in [5, 5.41) is 6.32. The molecule has 0 saturated heterocycles. The molecular formula is C9H3Cl2F2N3O. The monoisotopic (exact) mass is 277 g/mol. The number of rotatable bonds is 2. The van der Waals surface area contributed by atoms with Crippen LogP contribution in [-0.4, -0.2) is 15.2 Å². The highest BCUT2D eigenvalue weighted by Crippen LogP contribution is 2.28. The molecule has 0 unspecified atom stereocenters. The molecule has 8 heteroatoms. The van der Waals surface area contributed by atoms with Gasteiger partial charge in [-0.3, -0.25) is 0 Å². The summed E-state index contributed by atoms with van der Waals surface area (Å²) in [6.07, 6.45) is 0. The molecule has 1 aromatic heterocycles. The van der Waals surface area contributed by atoms with Gasteiger partial charge in [-0.15, -0.1) is 10.2 Å². The zero-order valence-corrected chi connectivity index (χ0v) is 9.51. The largest absolute Gasteiger partial charge is 0.433 e. The molecule has 0 aliphatic heterocycles. The quantitative estimate of drug-likeness (QED) is 0.846. The molecule has 1 heterocycles. The lowest BCUT2D eigenvalue weighted by Crippen LogP contribution is -1.96. The fourth-order valence-corrected chi connectivity index (χ4v) is 1.24. The number of halogens is 4. The van der Waals surface area contributed by atoms with Crippen LogP contribution < -0.4 is 4.74 Å². The van der Waals surface area contributed by atoms with Crippen molar-refractivity contribution in [1.82, 2.24) is 15.2 Å². The van der Waals surface area contributed by atoms with Gasteiger partial charge >= 0.3 is 0 Å². The summed E-state index contributed by atoms with van der Waals surface area (Å²) in [6.45, 7) is 0. The number of ether oxygens (including phenoxy) is 1. The first-order chi connectivity index (χ1) is 8.06. The van der Waals surface area contributed by atoms with Crippen molar-refractivity contribution in [2.24, 2.45) is 0 Å². The van der Waals surface area contributed by atoms with Gasteiger partial charge in [-0.1, -0.05) is 11.6 Å². The van der Waals surface area contributed by atoms with Gasteiger partial charge in [-0.2, -0.15) is 4.98 Å². The van der Waals surface area contributed by atoms with E-state index in [0.717, 1.165) is 18.2 Å². The summed E-state index contributed by atoms with van der Waals surface area (Å²) >= 11 is 11.1. The van der Waals surface area contributed by atoms with Crippen LogP contribution in [0.25, 0.3) is 0 Å². The van der Waals surface area contributed by atoms with Crippen molar-refractivity contribution in [1.29, 1.82) is 0 Å². The van der Waals surface area contributed by atoms with Crippen molar-refractivity contribution in [3.05, 3.63) is 40.3 Å². The number of hydrogen-bond donors (Lipinski definition) is 0. The second-order valence-corrected chi connectivity index (χ2v) is 3.55. The number of aromatic nitrogens is 3. The number of hydrogen-bond acceptors (Lipinski definition) is 4. The number of benzene rings is 1. The second-order valence-electron chi connectivity index (χ2n) is 2.85. The summed E-state index contributed by atoms with van der Waals surface area (Å²) in [5.74, 6) is -2.05. The molecule has 0 amide bonds.